The first-order chi connectivity index (χ1) is 6.18. The molecule has 14 heavy (non-hydrogen) atoms. The van der Waals surface area contributed by atoms with Crippen molar-refractivity contribution >= 4 is 11.3 Å². The minimum absolute atomic E-state index is 0.0271. The number of thiazole rings is 1. The van der Waals surface area contributed by atoms with Crippen LogP contribution in [0.2, 0.25) is 0 Å². The quantitative estimate of drug-likeness (QED) is 0.706. The number of nitrogens with zero attached hydrogens (tertiary/aromatic N) is 1. The molecule has 0 aromatic carbocycles. The first-order valence-corrected chi connectivity index (χ1v) is 5.08. The summed E-state index contributed by atoms with van der Waals surface area (Å²) in [5.41, 5.74) is -0.803. The standard InChI is InChI=1S/C9H12F3NS/c1-8(2,3)4-7-13-6(5-14-7)9(10,11)12/h5H,4H2,1-3H3. The summed E-state index contributed by atoms with van der Waals surface area (Å²) in [5, 5.41) is 1.62. The zero-order chi connectivity index (χ0) is 11.0. The molecule has 5 heteroatoms. The molecule has 0 amide bonds. The van der Waals surface area contributed by atoms with Gasteiger partial charge in [0.15, 0.2) is 5.69 Å². The Morgan fingerprint density at radius 2 is 1.86 bits per heavy atom. The van der Waals surface area contributed by atoms with Crippen molar-refractivity contribution in [1.29, 1.82) is 0 Å². The molecular formula is C9H12F3NS. The van der Waals surface area contributed by atoms with Gasteiger partial charge in [0.25, 0.3) is 0 Å². The van der Waals surface area contributed by atoms with E-state index in [0.717, 1.165) is 16.7 Å². The Bertz CT molecular complexity index is 309. The first kappa shape index (κ1) is 11.5. The van der Waals surface area contributed by atoms with E-state index in [1.54, 1.807) is 0 Å². The zero-order valence-electron chi connectivity index (χ0n) is 8.27. The molecule has 0 saturated heterocycles. The lowest BCUT2D eigenvalue weighted by atomic mass is 9.93. The Kier molecular flexibility index (Phi) is 2.90. The van der Waals surface area contributed by atoms with Gasteiger partial charge in [-0.05, 0) is 5.41 Å². The van der Waals surface area contributed by atoms with E-state index in [4.69, 9.17) is 0 Å². The van der Waals surface area contributed by atoms with E-state index in [-0.39, 0.29) is 5.41 Å². The fourth-order valence-corrected chi connectivity index (χ4v) is 2.08. The number of aromatic nitrogens is 1. The summed E-state index contributed by atoms with van der Waals surface area (Å²) >= 11 is 1.07. The highest BCUT2D eigenvalue weighted by Gasteiger charge is 2.33. The van der Waals surface area contributed by atoms with E-state index < -0.39 is 11.9 Å². The largest absolute Gasteiger partial charge is 0.434 e. The van der Waals surface area contributed by atoms with Crippen LogP contribution < -0.4 is 0 Å². The number of rotatable bonds is 1. The molecule has 0 radical (unpaired) electrons. The molecule has 0 spiro atoms. The normalized spacial score (nSPS) is 13.3. The van der Waals surface area contributed by atoms with Crippen molar-refractivity contribution in [2.45, 2.75) is 33.4 Å². The van der Waals surface area contributed by atoms with E-state index in [0.29, 0.717) is 11.4 Å². The van der Waals surface area contributed by atoms with Crippen LogP contribution in [0.15, 0.2) is 5.38 Å². The van der Waals surface area contributed by atoms with Crippen LogP contribution >= 0.6 is 11.3 Å². The Balaban J connectivity index is 2.79. The smallest absolute Gasteiger partial charge is 0.237 e. The molecule has 0 atom stereocenters. The Labute approximate surface area is 85.0 Å². The second-order valence-electron chi connectivity index (χ2n) is 4.36. The van der Waals surface area contributed by atoms with Gasteiger partial charge in [0, 0.05) is 11.8 Å². The summed E-state index contributed by atoms with van der Waals surface area (Å²) in [4.78, 5) is 3.56. The Hall–Kier alpha value is -0.580. The van der Waals surface area contributed by atoms with Crippen molar-refractivity contribution in [3.8, 4) is 0 Å². The highest BCUT2D eigenvalue weighted by molar-refractivity contribution is 7.09. The van der Waals surface area contributed by atoms with Crippen molar-refractivity contribution in [1.82, 2.24) is 4.98 Å². The molecule has 1 heterocycles. The maximum absolute atomic E-state index is 12.2. The van der Waals surface area contributed by atoms with Crippen LogP contribution in [0.5, 0.6) is 0 Å². The predicted octanol–water partition coefficient (Wildman–Crippen LogP) is 3.75. The minimum atomic E-state index is -4.31. The van der Waals surface area contributed by atoms with Crippen molar-refractivity contribution in [3.05, 3.63) is 16.1 Å². The average Bonchev–Trinajstić information content (AvgIpc) is 2.29. The summed E-state index contributed by atoms with van der Waals surface area (Å²) in [5.74, 6) is 0. The number of hydrogen-bond acceptors (Lipinski definition) is 2. The van der Waals surface area contributed by atoms with Gasteiger partial charge in [-0.2, -0.15) is 13.2 Å². The number of halogens is 3. The fraction of sp³-hybridized carbons (Fsp3) is 0.667. The molecule has 0 aliphatic rings. The van der Waals surface area contributed by atoms with E-state index in [9.17, 15) is 13.2 Å². The number of hydrogen-bond donors (Lipinski definition) is 0. The van der Waals surface area contributed by atoms with E-state index in [1.165, 1.54) is 0 Å². The molecular weight excluding hydrogens is 211 g/mol. The van der Waals surface area contributed by atoms with Gasteiger partial charge in [-0.15, -0.1) is 11.3 Å². The van der Waals surface area contributed by atoms with Gasteiger partial charge in [-0.25, -0.2) is 4.98 Å². The Morgan fingerprint density at radius 3 is 2.21 bits per heavy atom. The minimum Gasteiger partial charge on any atom is -0.237 e. The van der Waals surface area contributed by atoms with Crippen molar-refractivity contribution in [2.24, 2.45) is 5.41 Å². The summed E-state index contributed by atoms with van der Waals surface area (Å²) in [6.45, 7) is 5.92. The molecule has 80 valence electrons. The van der Waals surface area contributed by atoms with Gasteiger partial charge in [-0.3, -0.25) is 0 Å². The lowest BCUT2D eigenvalue weighted by Gasteiger charge is -2.15. The fourth-order valence-electron chi connectivity index (χ4n) is 0.976. The lowest BCUT2D eigenvalue weighted by Crippen LogP contribution is -2.10. The summed E-state index contributed by atoms with van der Waals surface area (Å²) in [7, 11) is 0. The molecule has 0 bridgehead atoms. The molecule has 0 aliphatic carbocycles. The van der Waals surface area contributed by atoms with Crippen LogP contribution in [-0.2, 0) is 12.6 Å². The zero-order valence-corrected chi connectivity index (χ0v) is 9.09. The molecule has 0 unspecified atom stereocenters. The van der Waals surface area contributed by atoms with Gasteiger partial charge in [0.1, 0.15) is 0 Å². The third kappa shape index (κ3) is 3.29. The maximum atomic E-state index is 12.2. The van der Waals surface area contributed by atoms with Gasteiger partial charge in [-0.1, -0.05) is 20.8 Å². The lowest BCUT2D eigenvalue weighted by molar-refractivity contribution is -0.140. The molecule has 1 rings (SSSR count). The van der Waals surface area contributed by atoms with E-state index in [1.807, 2.05) is 20.8 Å². The highest BCUT2D eigenvalue weighted by Crippen LogP contribution is 2.31. The van der Waals surface area contributed by atoms with Crippen molar-refractivity contribution < 1.29 is 13.2 Å². The van der Waals surface area contributed by atoms with Crippen LogP contribution in [0.4, 0.5) is 13.2 Å². The molecule has 0 N–H and O–H groups in total. The molecule has 0 saturated carbocycles. The molecule has 1 nitrogen and oxygen atoms in total. The van der Waals surface area contributed by atoms with Crippen LogP contribution in [0.25, 0.3) is 0 Å². The molecule has 1 aromatic heterocycles. The van der Waals surface area contributed by atoms with Crippen LogP contribution in [0.3, 0.4) is 0 Å². The second-order valence-corrected chi connectivity index (χ2v) is 5.30. The Morgan fingerprint density at radius 1 is 1.29 bits per heavy atom. The third-order valence-electron chi connectivity index (χ3n) is 1.52. The molecule has 0 fully saturated rings. The van der Waals surface area contributed by atoms with Crippen molar-refractivity contribution in [2.75, 3.05) is 0 Å². The maximum Gasteiger partial charge on any atom is 0.434 e. The summed E-state index contributed by atoms with van der Waals surface area (Å²) < 4.78 is 36.5. The summed E-state index contributed by atoms with van der Waals surface area (Å²) in [6.07, 6.45) is -3.74. The summed E-state index contributed by atoms with van der Waals surface area (Å²) in [6, 6.07) is 0. The van der Waals surface area contributed by atoms with Gasteiger partial charge >= 0.3 is 6.18 Å². The van der Waals surface area contributed by atoms with Crippen LogP contribution in [0, 0.1) is 5.41 Å². The first-order valence-electron chi connectivity index (χ1n) is 4.20. The van der Waals surface area contributed by atoms with Gasteiger partial charge in [0.2, 0.25) is 0 Å². The van der Waals surface area contributed by atoms with E-state index >= 15 is 0 Å². The predicted molar refractivity (Wildman–Crippen MR) is 50.3 cm³/mol. The SMILES string of the molecule is CC(C)(C)Cc1nc(C(F)(F)F)cs1. The average molecular weight is 223 g/mol. The van der Waals surface area contributed by atoms with Gasteiger partial charge < -0.3 is 0 Å². The van der Waals surface area contributed by atoms with Gasteiger partial charge in [0.05, 0.1) is 5.01 Å². The molecule has 0 aliphatic heterocycles. The van der Waals surface area contributed by atoms with E-state index in [2.05, 4.69) is 4.98 Å². The number of alkyl halides is 3. The van der Waals surface area contributed by atoms with Crippen LogP contribution in [-0.4, -0.2) is 4.98 Å². The topological polar surface area (TPSA) is 12.9 Å². The van der Waals surface area contributed by atoms with Crippen molar-refractivity contribution in [3.63, 3.8) is 0 Å². The third-order valence-corrected chi connectivity index (χ3v) is 2.37. The second kappa shape index (κ2) is 3.53. The highest BCUT2D eigenvalue weighted by atomic mass is 32.1. The monoisotopic (exact) mass is 223 g/mol. The van der Waals surface area contributed by atoms with Crippen LogP contribution in [0.1, 0.15) is 31.5 Å². The molecule has 1 aromatic rings.